The molecule has 0 saturated carbocycles. The van der Waals surface area contributed by atoms with Gasteiger partial charge in [0.15, 0.2) is 0 Å². The van der Waals surface area contributed by atoms with Crippen LogP contribution in [-0.4, -0.2) is 12.1 Å². The number of pyridine rings is 1. The molecule has 1 heterocycles. The molecule has 3 aromatic carbocycles. The van der Waals surface area contributed by atoms with E-state index in [0.717, 1.165) is 34.6 Å². The van der Waals surface area contributed by atoms with Gasteiger partial charge < -0.3 is 10.1 Å². The van der Waals surface area contributed by atoms with Gasteiger partial charge in [0.25, 0.3) is 0 Å². The van der Waals surface area contributed by atoms with Crippen LogP contribution in [-0.2, 0) is 12.7 Å². The summed E-state index contributed by atoms with van der Waals surface area (Å²) < 4.78 is 43.7. The summed E-state index contributed by atoms with van der Waals surface area (Å²) in [4.78, 5) is 4.58. The summed E-state index contributed by atoms with van der Waals surface area (Å²) in [6.07, 6.45) is -2.62. The quantitative estimate of drug-likeness (QED) is 0.335. The van der Waals surface area contributed by atoms with E-state index in [9.17, 15) is 13.2 Å². The highest BCUT2D eigenvalue weighted by Crippen LogP contribution is 2.29. The minimum absolute atomic E-state index is 0.483. The summed E-state index contributed by atoms with van der Waals surface area (Å²) in [7, 11) is 1.61. The molecule has 0 aliphatic carbocycles. The van der Waals surface area contributed by atoms with Crippen LogP contribution in [0.15, 0.2) is 91.1 Å². The number of alkyl halides is 3. The van der Waals surface area contributed by atoms with Crippen LogP contribution in [0.5, 0.6) is 5.75 Å². The minimum atomic E-state index is -4.38. The van der Waals surface area contributed by atoms with E-state index < -0.39 is 11.7 Å². The molecule has 0 amide bonds. The fourth-order valence-corrected chi connectivity index (χ4v) is 3.31. The van der Waals surface area contributed by atoms with Crippen molar-refractivity contribution in [3.63, 3.8) is 0 Å². The maximum Gasteiger partial charge on any atom is 0.416 e. The Labute approximate surface area is 196 Å². The molecule has 1 aromatic heterocycles. The number of benzene rings is 3. The van der Waals surface area contributed by atoms with Gasteiger partial charge >= 0.3 is 6.18 Å². The van der Waals surface area contributed by atoms with Crippen molar-refractivity contribution >= 4 is 5.82 Å². The smallest absolute Gasteiger partial charge is 0.416 e. The number of nitrogens with one attached hydrogen (secondary N) is 1. The van der Waals surface area contributed by atoms with Gasteiger partial charge in [-0.1, -0.05) is 54.3 Å². The number of hydrogen-bond acceptors (Lipinski definition) is 3. The van der Waals surface area contributed by atoms with E-state index in [1.807, 2.05) is 60.7 Å². The summed E-state index contributed by atoms with van der Waals surface area (Å²) in [6, 6.07) is 24.2. The predicted octanol–water partition coefficient (Wildman–Crippen LogP) is 6.79. The minimum Gasteiger partial charge on any atom is -0.497 e. The van der Waals surface area contributed by atoms with E-state index in [4.69, 9.17) is 4.74 Å². The van der Waals surface area contributed by atoms with E-state index in [-0.39, 0.29) is 0 Å². The number of anilines is 1. The second-order valence-electron chi connectivity index (χ2n) is 7.51. The van der Waals surface area contributed by atoms with Crippen molar-refractivity contribution in [2.45, 2.75) is 12.7 Å². The summed E-state index contributed by atoms with van der Waals surface area (Å²) in [6.45, 7) is 0.560. The van der Waals surface area contributed by atoms with Gasteiger partial charge in [0.05, 0.1) is 18.2 Å². The first-order valence-corrected chi connectivity index (χ1v) is 10.5. The van der Waals surface area contributed by atoms with Crippen molar-refractivity contribution in [3.05, 3.63) is 113 Å². The van der Waals surface area contributed by atoms with Crippen LogP contribution in [0.4, 0.5) is 19.0 Å². The number of ether oxygens (including phenoxy) is 1. The fourth-order valence-electron chi connectivity index (χ4n) is 3.31. The predicted molar refractivity (Wildman–Crippen MR) is 127 cm³/mol. The lowest BCUT2D eigenvalue weighted by Crippen LogP contribution is -2.04. The highest BCUT2D eigenvalue weighted by Gasteiger charge is 2.29. The Hall–Kier alpha value is -4.24. The summed E-state index contributed by atoms with van der Waals surface area (Å²) in [5.74, 6) is 7.38. The zero-order chi connectivity index (χ0) is 24.0. The second-order valence-corrected chi connectivity index (χ2v) is 7.51. The molecular formula is C28H21F3N2O. The van der Waals surface area contributed by atoms with E-state index in [1.54, 1.807) is 13.3 Å². The molecule has 0 fully saturated rings. The average molecular weight is 458 g/mol. The van der Waals surface area contributed by atoms with Gasteiger partial charge in [0.1, 0.15) is 11.6 Å². The summed E-state index contributed by atoms with van der Waals surface area (Å²) >= 11 is 0. The van der Waals surface area contributed by atoms with Crippen molar-refractivity contribution < 1.29 is 17.9 Å². The summed E-state index contributed by atoms with van der Waals surface area (Å²) in [5.41, 5.74) is 3.32. The average Bonchev–Trinajstić information content (AvgIpc) is 2.87. The Morgan fingerprint density at radius 1 is 0.853 bits per heavy atom. The Balaban J connectivity index is 1.66. The van der Waals surface area contributed by atoms with Gasteiger partial charge in [-0.25, -0.2) is 4.98 Å². The maximum absolute atomic E-state index is 12.8. The van der Waals surface area contributed by atoms with Gasteiger partial charge in [-0.15, -0.1) is 0 Å². The lowest BCUT2D eigenvalue weighted by Gasteiger charge is -2.10. The van der Waals surface area contributed by atoms with Crippen LogP contribution in [0.3, 0.4) is 0 Å². The number of nitrogens with zero attached hydrogens (tertiary/aromatic N) is 1. The third-order valence-corrected chi connectivity index (χ3v) is 5.17. The van der Waals surface area contributed by atoms with E-state index in [2.05, 4.69) is 22.1 Å². The number of aromatic nitrogens is 1. The molecule has 4 aromatic rings. The first-order chi connectivity index (χ1) is 16.4. The maximum atomic E-state index is 12.8. The molecule has 170 valence electrons. The summed E-state index contributed by atoms with van der Waals surface area (Å²) in [5, 5.41) is 3.31. The van der Waals surface area contributed by atoms with E-state index in [1.165, 1.54) is 12.1 Å². The lowest BCUT2D eigenvalue weighted by molar-refractivity contribution is -0.137. The van der Waals surface area contributed by atoms with Crippen LogP contribution in [0, 0.1) is 11.8 Å². The van der Waals surface area contributed by atoms with Crippen molar-refractivity contribution in [3.8, 4) is 28.7 Å². The lowest BCUT2D eigenvalue weighted by atomic mass is 10.0. The molecule has 0 aliphatic heterocycles. The molecule has 0 aliphatic rings. The largest absolute Gasteiger partial charge is 0.497 e. The fraction of sp³-hybridized carbons (Fsp3) is 0.107. The van der Waals surface area contributed by atoms with Gasteiger partial charge in [-0.2, -0.15) is 13.2 Å². The number of hydrogen-bond donors (Lipinski definition) is 1. The molecule has 3 nitrogen and oxygen atoms in total. The molecule has 0 spiro atoms. The number of rotatable bonds is 5. The van der Waals surface area contributed by atoms with Crippen LogP contribution in [0.1, 0.15) is 22.3 Å². The van der Waals surface area contributed by atoms with Crippen molar-refractivity contribution in [2.75, 3.05) is 12.4 Å². The Morgan fingerprint density at radius 2 is 1.56 bits per heavy atom. The monoisotopic (exact) mass is 458 g/mol. The number of methoxy groups -OCH3 is 1. The van der Waals surface area contributed by atoms with Gasteiger partial charge in [0.2, 0.25) is 0 Å². The zero-order valence-corrected chi connectivity index (χ0v) is 18.4. The third-order valence-electron chi connectivity index (χ3n) is 5.17. The third kappa shape index (κ3) is 5.76. The van der Waals surface area contributed by atoms with Crippen LogP contribution >= 0.6 is 0 Å². The van der Waals surface area contributed by atoms with Crippen LogP contribution < -0.4 is 10.1 Å². The number of halogens is 3. The molecule has 6 heteroatoms. The van der Waals surface area contributed by atoms with Crippen molar-refractivity contribution in [1.82, 2.24) is 4.98 Å². The van der Waals surface area contributed by atoms with Crippen molar-refractivity contribution in [1.29, 1.82) is 0 Å². The van der Waals surface area contributed by atoms with Gasteiger partial charge in [0, 0.05) is 23.9 Å². The second kappa shape index (κ2) is 10.1. The van der Waals surface area contributed by atoms with Crippen LogP contribution in [0.2, 0.25) is 0 Å². The molecule has 0 radical (unpaired) electrons. The Bertz CT molecular complexity index is 1300. The Kier molecular flexibility index (Phi) is 6.84. The highest BCUT2D eigenvalue weighted by atomic mass is 19.4. The standard InChI is InChI=1S/C28H21F3N2O/c1-34-26-15-11-22(12-16-26)24-17-23(10-7-20-8-13-25(14-9-20)28(29,30)31)27(33-19-24)32-18-21-5-3-2-4-6-21/h2-6,8-9,11-17,19H,18H2,1H3,(H,32,33). The molecule has 0 atom stereocenters. The first-order valence-electron chi connectivity index (χ1n) is 10.5. The molecule has 4 rings (SSSR count). The zero-order valence-electron chi connectivity index (χ0n) is 18.4. The Morgan fingerprint density at radius 3 is 2.21 bits per heavy atom. The molecule has 0 bridgehead atoms. The highest BCUT2D eigenvalue weighted by molar-refractivity contribution is 5.69. The van der Waals surface area contributed by atoms with Crippen molar-refractivity contribution in [2.24, 2.45) is 0 Å². The van der Waals surface area contributed by atoms with Crippen LogP contribution in [0.25, 0.3) is 11.1 Å². The molecular weight excluding hydrogens is 437 g/mol. The topological polar surface area (TPSA) is 34.1 Å². The first kappa shape index (κ1) is 22.9. The SMILES string of the molecule is COc1ccc(-c2cnc(NCc3ccccc3)c(C#Cc3ccc(C(F)(F)F)cc3)c2)cc1. The van der Waals surface area contributed by atoms with Gasteiger partial charge in [-0.05, 0) is 53.6 Å². The van der Waals surface area contributed by atoms with E-state index >= 15 is 0 Å². The van der Waals surface area contributed by atoms with Gasteiger partial charge in [-0.3, -0.25) is 0 Å². The van der Waals surface area contributed by atoms with E-state index in [0.29, 0.717) is 23.5 Å². The molecule has 0 saturated heterocycles. The normalized spacial score (nSPS) is 10.8. The molecule has 34 heavy (non-hydrogen) atoms. The molecule has 0 unspecified atom stereocenters. The molecule has 1 N–H and O–H groups in total.